The molecule has 4 rings (SSSR count). The maximum atomic E-state index is 12.5. The Hall–Kier alpha value is -3.45. The lowest BCUT2D eigenvalue weighted by Crippen LogP contribution is -2.14. The maximum absolute atomic E-state index is 12.5. The van der Waals surface area contributed by atoms with Crippen LogP contribution in [0.15, 0.2) is 78.2 Å². The van der Waals surface area contributed by atoms with Gasteiger partial charge in [0, 0.05) is 29.3 Å². The minimum Gasteiger partial charge on any atom is -0.325 e. The van der Waals surface area contributed by atoms with E-state index in [0.717, 1.165) is 28.1 Å². The summed E-state index contributed by atoms with van der Waals surface area (Å²) in [4.78, 5) is 16.7. The Kier molecular flexibility index (Phi) is 5.90. The first-order valence-corrected chi connectivity index (χ1v) is 10.5. The average Bonchev–Trinajstić information content (AvgIpc) is 3.17. The van der Waals surface area contributed by atoms with Crippen molar-refractivity contribution in [2.24, 2.45) is 0 Å². The number of benzene rings is 2. The molecule has 0 unspecified atom stereocenters. The summed E-state index contributed by atoms with van der Waals surface area (Å²) in [6.07, 6.45) is 3.48. The van der Waals surface area contributed by atoms with Crippen LogP contribution in [-0.4, -0.2) is 31.4 Å². The van der Waals surface area contributed by atoms with Gasteiger partial charge in [0.15, 0.2) is 11.0 Å². The van der Waals surface area contributed by atoms with Crippen molar-refractivity contribution in [1.29, 1.82) is 0 Å². The monoisotopic (exact) mass is 415 g/mol. The third-order valence-electron chi connectivity index (χ3n) is 4.41. The lowest BCUT2D eigenvalue weighted by molar-refractivity contribution is -0.113. The molecule has 2 aromatic heterocycles. The fourth-order valence-electron chi connectivity index (χ4n) is 3.23. The topological polar surface area (TPSA) is 72.7 Å². The second-order valence-electron chi connectivity index (χ2n) is 6.93. The van der Waals surface area contributed by atoms with Crippen LogP contribution in [0.2, 0.25) is 0 Å². The lowest BCUT2D eigenvalue weighted by Gasteiger charge is -2.10. The van der Waals surface area contributed by atoms with Gasteiger partial charge in [-0.05, 0) is 61.4 Å². The SMILES string of the molecule is Cc1cc(C)cc(NC(=O)CSc2nnc(-c3cccnc3)n2-c2ccccc2)c1. The highest BCUT2D eigenvalue weighted by Crippen LogP contribution is 2.27. The van der Waals surface area contributed by atoms with Crippen LogP contribution in [0.5, 0.6) is 0 Å². The zero-order chi connectivity index (χ0) is 20.9. The Bertz CT molecular complexity index is 1140. The molecular formula is C23H21N5OS. The predicted octanol–water partition coefficient (Wildman–Crippen LogP) is 4.68. The van der Waals surface area contributed by atoms with Gasteiger partial charge in [-0.15, -0.1) is 10.2 Å². The Morgan fingerprint density at radius 1 is 1.00 bits per heavy atom. The molecule has 0 aliphatic rings. The van der Waals surface area contributed by atoms with Crippen molar-refractivity contribution in [3.05, 3.63) is 84.2 Å². The number of hydrogen-bond acceptors (Lipinski definition) is 5. The van der Waals surface area contributed by atoms with Gasteiger partial charge in [0.2, 0.25) is 5.91 Å². The molecule has 0 radical (unpaired) electrons. The molecular weight excluding hydrogens is 394 g/mol. The summed E-state index contributed by atoms with van der Waals surface area (Å²) in [7, 11) is 0. The number of thioether (sulfide) groups is 1. The molecule has 1 N–H and O–H groups in total. The van der Waals surface area contributed by atoms with E-state index in [2.05, 4.69) is 26.6 Å². The second kappa shape index (κ2) is 8.92. The normalized spacial score (nSPS) is 10.7. The van der Waals surface area contributed by atoms with E-state index in [1.165, 1.54) is 11.8 Å². The summed E-state index contributed by atoms with van der Waals surface area (Å²) >= 11 is 1.35. The fourth-order valence-corrected chi connectivity index (χ4v) is 3.98. The molecule has 2 heterocycles. The van der Waals surface area contributed by atoms with Gasteiger partial charge in [0.05, 0.1) is 5.75 Å². The Morgan fingerprint density at radius 3 is 2.47 bits per heavy atom. The number of hydrogen-bond donors (Lipinski definition) is 1. The summed E-state index contributed by atoms with van der Waals surface area (Å²) in [5, 5.41) is 12.3. The predicted molar refractivity (Wildman–Crippen MR) is 120 cm³/mol. The van der Waals surface area contributed by atoms with E-state index in [4.69, 9.17) is 0 Å². The summed E-state index contributed by atoms with van der Waals surface area (Å²) in [5.74, 6) is 0.826. The number of rotatable bonds is 6. The van der Waals surface area contributed by atoms with Crippen LogP contribution in [0.1, 0.15) is 11.1 Å². The maximum Gasteiger partial charge on any atom is 0.234 e. The van der Waals surface area contributed by atoms with Gasteiger partial charge in [-0.3, -0.25) is 14.3 Å². The third kappa shape index (κ3) is 4.58. The van der Waals surface area contributed by atoms with Crippen molar-refractivity contribution in [3.8, 4) is 17.1 Å². The minimum absolute atomic E-state index is 0.0875. The number of amides is 1. The smallest absolute Gasteiger partial charge is 0.234 e. The Labute approximate surface area is 179 Å². The molecule has 0 bridgehead atoms. The molecule has 0 saturated heterocycles. The van der Waals surface area contributed by atoms with Crippen LogP contribution >= 0.6 is 11.8 Å². The van der Waals surface area contributed by atoms with Crippen molar-refractivity contribution in [2.45, 2.75) is 19.0 Å². The first-order chi connectivity index (χ1) is 14.6. The lowest BCUT2D eigenvalue weighted by atomic mass is 10.1. The van der Waals surface area contributed by atoms with Gasteiger partial charge in [-0.1, -0.05) is 36.0 Å². The van der Waals surface area contributed by atoms with Crippen LogP contribution in [0, 0.1) is 13.8 Å². The summed E-state index contributed by atoms with van der Waals surface area (Å²) in [6.45, 7) is 4.03. The number of nitrogens with zero attached hydrogens (tertiary/aromatic N) is 4. The number of para-hydroxylation sites is 1. The van der Waals surface area contributed by atoms with E-state index in [1.807, 2.05) is 73.0 Å². The van der Waals surface area contributed by atoms with Crippen molar-refractivity contribution in [2.75, 3.05) is 11.1 Å². The van der Waals surface area contributed by atoms with E-state index in [1.54, 1.807) is 12.4 Å². The van der Waals surface area contributed by atoms with E-state index >= 15 is 0 Å². The summed E-state index contributed by atoms with van der Waals surface area (Å²) < 4.78 is 1.95. The molecule has 4 aromatic rings. The van der Waals surface area contributed by atoms with Gasteiger partial charge in [0.25, 0.3) is 0 Å². The number of aryl methyl sites for hydroxylation is 2. The van der Waals surface area contributed by atoms with Crippen LogP contribution in [0.4, 0.5) is 5.69 Å². The van der Waals surface area contributed by atoms with E-state index in [0.29, 0.717) is 11.0 Å². The van der Waals surface area contributed by atoms with Crippen molar-refractivity contribution >= 4 is 23.4 Å². The summed E-state index contributed by atoms with van der Waals surface area (Å²) in [5.41, 5.74) is 4.82. The Morgan fingerprint density at radius 2 is 1.77 bits per heavy atom. The Balaban J connectivity index is 1.57. The number of pyridine rings is 1. The van der Waals surface area contributed by atoms with Crippen LogP contribution in [0.25, 0.3) is 17.1 Å². The minimum atomic E-state index is -0.0875. The second-order valence-corrected chi connectivity index (χ2v) is 7.87. The zero-order valence-corrected chi connectivity index (χ0v) is 17.6. The number of nitrogens with one attached hydrogen (secondary N) is 1. The fraction of sp³-hybridized carbons (Fsp3) is 0.130. The molecule has 0 atom stereocenters. The zero-order valence-electron chi connectivity index (χ0n) is 16.7. The van der Waals surface area contributed by atoms with Gasteiger partial charge in [0.1, 0.15) is 0 Å². The molecule has 150 valence electrons. The van der Waals surface area contributed by atoms with Crippen molar-refractivity contribution in [1.82, 2.24) is 19.7 Å². The van der Waals surface area contributed by atoms with Crippen LogP contribution in [-0.2, 0) is 4.79 Å². The molecule has 0 aliphatic carbocycles. The largest absolute Gasteiger partial charge is 0.325 e. The molecule has 0 spiro atoms. The van der Waals surface area contributed by atoms with Crippen molar-refractivity contribution in [3.63, 3.8) is 0 Å². The highest BCUT2D eigenvalue weighted by Gasteiger charge is 2.17. The molecule has 7 heteroatoms. The van der Waals surface area contributed by atoms with Gasteiger partial charge >= 0.3 is 0 Å². The third-order valence-corrected chi connectivity index (χ3v) is 5.33. The number of carbonyl (C=O) groups is 1. The quantitative estimate of drug-likeness (QED) is 0.463. The molecule has 6 nitrogen and oxygen atoms in total. The average molecular weight is 416 g/mol. The molecule has 1 amide bonds. The van der Waals surface area contributed by atoms with E-state index < -0.39 is 0 Å². The number of carbonyl (C=O) groups excluding carboxylic acids is 1. The molecule has 30 heavy (non-hydrogen) atoms. The van der Waals surface area contributed by atoms with Crippen molar-refractivity contribution < 1.29 is 4.79 Å². The highest BCUT2D eigenvalue weighted by atomic mass is 32.2. The van der Waals surface area contributed by atoms with Gasteiger partial charge < -0.3 is 5.32 Å². The van der Waals surface area contributed by atoms with E-state index in [9.17, 15) is 4.79 Å². The van der Waals surface area contributed by atoms with Gasteiger partial charge in [-0.2, -0.15) is 0 Å². The molecule has 0 fully saturated rings. The van der Waals surface area contributed by atoms with Crippen LogP contribution in [0.3, 0.4) is 0 Å². The number of anilines is 1. The van der Waals surface area contributed by atoms with Gasteiger partial charge in [-0.25, -0.2) is 0 Å². The first-order valence-electron chi connectivity index (χ1n) is 9.52. The number of aromatic nitrogens is 4. The van der Waals surface area contributed by atoms with E-state index in [-0.39, 0.29) is 11.7 Å². The molecule has 0 saturated carbocycles. The first kappa shape index (κ1) is 19.8. The molecule has 2 aromatic carbocycles. The molecule has 0 aliphatic heterocycles. The standard InChI is InChI=1S/C23H21N5OS/c1-16-11-17(2)13-19(12-16)25-21(29)15-30-23-27-26-22(18-7-6-10-24-14-18)28(23)20-8-4-3-5-9-20/h3-14H,15H2,1-2H3,(H,25,29). The summed E-state index contributed by atoms with van der Waals surface area (Å²) in [6, 6.07) is 19.7. The highest BCUT2D eigenvalue weighted by molar-refractivity contribution is 7.99. The van der Waals surface area contributed by atoms with Crippen LogP contribution < -0.4 is 5.32 Å².